The summed E-state index contributed by atoms with van der Waals surface area (Å²) in [4.78, 5) is 23.5. The van der Waals surface area contributed by atoms with Gasteiger partial charge < -0.3 is 19.7 Å². The van der Waals surface area contributed by atoms with E-state index in [9.17, 15) is 4.79 Å². The summed E-state index contributed by atoms with van der Waals surface area (Å²) in [7, 11) is 3.23. The predicted octanol–water partition coefficient (Wildman–Crippen LogP) is 2.60. The molecule has 0 unspecified atom stereocenters. The van der Waals surface area contributed by atoms with Gasteiger partial charge in [-0.15, -0.1) is 6.58 Å². The lowest BCUT2D eigenvalue weighted by molar-refractivity contribution is 0.0728. The smallest absolute Gasteiger partial charge is 0.272 e. The van der Waals surface area contributed by atoms with Crippen molar-refractivity contribution in [3.63, 3.8) is 0 Å². The number of nitrogens with one attached hydrogen (secondary N) is 1. The van der Waals surface area contributed by atoms with Crippen molar-refractivity contribution in [1.82, 2.24) is 14.9 Å². The summed E-state index contributed by atoms with van der Waals surface area (Å²) in [5.41, 5.74) is 3.36. The number of benzene rings is 1. The minimum Gasteiger partial charge on any atom is -0.493 e. The van der Waals surface area contributed by atoms with E-state index < -0.39 is 0 Å². The van der Waals surface area contributed by atoms with Crippen LogP contribution >= 0.6 is 0 Å². The number of anilines is 1. The molecule has 0 saturated heterocycles. The van der Waals surface area contributed by atoms with E-state index in [0.717, 1.165) is 17.7 Å². The van der Waals surface area contributed by atoms with Crippen LogP contribution in [0.2, 0.25) is 0 Å². The van der Waals surface area contributed by atoms with Crippen LogP contribution in [0.25, 0.3) is 0 Å². The number of hydrogen-bond acceptors (Lipinski definition) is 6. The number of aryl methyl sites for hydroxylation is 1. The van der Waals surface area contributed by atoms with Gasteiger partial charge in [0.05, 0.1) is 14.2 Å². The fourth-order valence-electron chi connectivity index (χ4n) is 3.14. The Kier molecular flexibility index (Phi) is 5.59. The number of rotatable bonds is 6. The number of methoxy groups -OCH3 is 2. The molecule has 2 aromatic rings. The second-order valence-electron chi connectivity index (χ2n) is 6.34. The molecule has 0 bridgehead atoms. The maximum atomic E-state index is 13.0. The van der Waals surface area contributed by atoms with Gasteiger partial charge in [-0.25, -0.2) is 9.97 Å². The summed E-state index contributed by atoms with van der Waals surface area (Å²) in [6.07, 6.45) is 2.48. The molecule has 0 aliphatic carbocycles. The van der Waals surface area contributed by atoms with Crippen LogP contribution in [0.3, 0.4) is 0 Å². The van der Waals surface area contributed by atoms with E-state index in [1.165, 1.54) is 5.56 Å². The summed E-state index contributed by atoms with van der Waals surface area (Å²) in [6.45, 7) is 7.18. The predicted molar refractivity (Wildman–Crippen MR) is 103 cm³/mol. The molecule has 0 atom stereocenters. The Morgan fingerprint density at radius 1 is 1.22 bits per heavy atom. The molecule has 7 nitrogen and oxygen atoms in total. The molecule has 7 heteroatoms. The summed E-state index contributed by atoms with van der Waals surface area (Å²) in [5, 5.41) is 3.04. The number of ether oxygens (including phenoxy) is 2. The highest BCUT2D eigenvalue weighted by Crippen LogP contribution is 2.33. The molecule has 0 saturated carbocycles. The zero-order chi connectivity index (χ0) is 19.4. The number of nitrogens with zero attached hydrogens (tertiary/aromatic N) is 3. The minimum atomic E-state index is -0.109. The first kappa shape index (κ1) is 18.7. The second-order valence-corrected chi connectivity index (χ2v) is 6.34. The summed E-state index contributed by atoms with van der Waals surface area (Å²) in [5.74, 6) is 1.70. The van der Waals surface area contributed by atoms with E-state index in [0.29, 0.717) is 42.8 Å². The Morgan fingerprint density at radius 3 is 2.59 bits per heavy atom. The molecule has 1 aliphatic heterocycles. The lowest BCUT2D eigenvalue weighted by atomic mass is 9.98. The molecule has 27 heavy (non-hydrogen) atoms. The Morgan fingerprint density at radius 2 is 1.93 bits per heavy atom. The normalized spacial score (nSPS) is 12.9. The average Bonchev–Trinajstić information content (AvgIpc) is 2.69. The van der Waals surface area contributed by atoms with Gasteiger partial charge in [0.15, 0.2) is 11.5 Å². The highest BCUT2D eigenvalue weighted by molar-refractivity contribution is 5.92. The Hall–Kier alpha value is -3.09. The highest BCUT2D eigenvalue weighted by Gasteiger charge is 2.25. The molecule has 3 rings (SSSR count). The maximum Gasteiger partial charge on any atom is 0.272 e. The third kappa shape index (κ3) is 4.02. The van der Waals surface area contributed by atoms with Crippen LogP contribution in [-0.4, -0.2) is 48.1 Å². The number of carbonyl (C=O) groups excluding carboxylic acids is 1. The minimum absolute atomic E-state index is 0.109. The molecule has 0 radical (unpaired) electrons. The third-order valence-corrected chi connectivity index (χ3v) is 4.48. The van der Waals surface area contributed by atoms with Gasteiger partial charge in [-0.3, -0.25) is 4.79 Å². The molecule has 1 amide bonds. The van der Waals surface area contributed by atoms with Gasteiger partial charge in [0, 0.05) is 25.3 Å². The number of hydrogen-bond donors (Lipinski definition) is 1. The number of fused-ring (bicyclic) bond motifs is 1. The highest BCUT2D eigenvalue weighted by atomic mass is 16.5. The molecule has 1 aliphatic rings. The number of aromatic nitrogens is 2. The van der Waals surface area contributed by atoms with E-state index in [1.807, 2.05) is 19.1 Å². The Bertz CT molecular complexity index is 867. The molecule has 1 N–H and O–H groups in total. The molecule has 0 spiro atoms. The van der Waals surface area contributed by atoms with Crippen molar-refractivity contribution in [3.8, 4) is 11.5 Å². The van der Waals surface area contributed by atoms with Gasteiger partial charge >= 0.3 is 0 Å². The summed E-state index contributed by atoms with van der Waals surface area (Å²) < 4.78 is 10.8. The molecule has 0 fully saturated rings. The van der Waals surface area contributed by atoms with E-state index in [4.69, 9.17) is 9.47 Å². The molecule has 2 heterocycles. The summed E-state index contributed by atoms with van der Waals surface area (Å²) in [6, 6.07) is 5.64. The van der Waals surface area contributed by atoms with Crippen LogP contribution in [-0.2, 0) is 13.0 Å². The topological polar surface area (TPSA) is 76.6 Å². The van der Waals surface area contributed by atoms with Crippen molar-refractivity contribution < 1.29 is 14.3 Å². The van der Waals surface area contributed by atoms with Crippen molar-refractivity contribution >= 4 is 11.9 Å². The fraction of sp³-hybridized carbons (Fsp3) is 0.350. The number of carbonyl (C=O) groups is 1. The first-order valence-corrected chi connectivity index (χ1v) is 8.79. The van der Waals surface area contributed by atoms with Crippen LogP contribution in [0, 0.1) is 6.92 Å². The van der Waals surface area contributed by atoms with Crippen LogP contribution in [0.1, 0.15) is 27.3 Å². The molecular weight excluding hydrogens is 344 g/mol. The first-order valence-electron chi connectivity index (χ1n) is 8.79. The van der Waals surface area contributed by atoms with Crippen LogP contribution in [0.5, 0.6) is 11.5 Å². The lowest BCUT2D eigenvalue weighted by Gasteiger charge is -2.29. The molecular formula is C20H24N4O3. The van der Waals surface area contributed by atoms with Gasteiger partial charge in [0.25, 0.3) is 5.91 Å². The Balaban J connectivity index is 1.83. The van der Waals surface area contributed by atoms with Crippen molar-refractivity contribution in [2.75, 3.05) is 32.6 Å². The van der Waals surface area contributed by atoms with Crippen LogP contribution in [0.15, 0.2) is 30.9 Å². The first-order chi connectivity index (χ1) is 13.0. The SMILES string of the molecule is C=CCNc1nc(C)cc(C(=O)N2CCc3cc(OC)c(OC)cc3C2)n1. The Labute approximate surface area is 159 Å². The van der Waals surface area contributed by atoms with Gasteiger partial charge in [-0.05, 0) is 42.7 Å². The molecule has 1 aromatic carbocycles. The van der Waals surface area contributed by atoms with Crippen LogP contribution in [0.4, 0.5) is 5.95 Å². The lowest BCUT2D eigenvalue weighted by Crippen LogP contribution is -2.36. The van der Waals surface area contributed by atoms with Crippen molar-refractivity contribution in [2.24, 2.45) is 0 Å². The van der Waals surface area contributed by atoms with E-state index in [-0.39, 0.29) is 5.91 Å². The van der Waals surface area contributed by atoms with E-state index >= 15 is 0 Å². The number of amides is 1. The quantitative estimate of drug-likeness (QED) is 0.790. The monoisotopic (exact) mass is 368 g/mol. The fourth-order valence-corrected chi connectivity index (χ4v) is 3.14. The molecule has 142 valence electrons. The van der Waals surface area contributed by atoms with Gasteiger partial charge in [0.1, 0.15) is 5.69 Å². The second kappa shape index (κ2) is 8.07. The van der Waals surface area contributed by atoms with Crippen LogP contribution < -0.4 is 14.8 Å². The third-order valence-electron chi connectivity index (χ3n) is 4.48. The maximum absolute atomic E-state index is 13.0. The standard InChI is InChI=1S/C20H24N4O3/c1-5-7-21-20-22-13(2)9-16(23-20)19(25)24-8-6-14-10-17(26-3)18(27-4)11-15(14)12-24/h5,9-11H,1,6-8,12H2,2-4H3,(H,21,22,23). The average molecular weight is 368 g/mol. The summed E-state index contributed by atoms with van der Waals surface area (Å²) >= 11 is 0. The van der Waals surface area contributed by atoms with Gasteiger partial charge in [-0.1, -0.05) is 6.08 Å². The zero-order valence-corrected chi connectivity index (χ0v) is 15.9. The van der Waals surface area contributed by atoms with Crippen molar-refractivity contribution in [1.29, 1.82) is 0 Å². The van der Waals surface area contributed by atoms with Crippen molar-refractivity contribution in [2.45, 2.75) is 19.9 Å². The van der Waals surface area contributed by atoms with E-state index in [2.05, 4.69) is 21.9 Å². The van der Waals surface area contributed by atoms with Gasteiger partial charge in [-0.2, -0.15) is 0 Å². The van der Waals surface area contributed by atoms with Crippen molar-refractivity contribution in [3.05, 3.63) is 53.4 Å². The van der Waals surface area contributed by atoms with Gasteiger partial charge in [0.2, 0.25) is 5.95 Å². The zero-order valence-electron chi connectivity index (χ0n) is 15.9. The molecule has 1 aromatic heterocycles. The largest absolute Gasteiger partial charge is 0.493 e. The van der Waals surface area contributed by atoms with E-state index in [1.54, 1.807) is 31.3 Å².